The van der Waals surface area contributed by atoms with Crippen molar-refractivity contribution in [1.29, 1.82) is 0 Å². The van der Waals surface area contributed by atoms with Crippen molar-refractivity contribution in [1.82, 2.24) is 0 Å². The summed E-state index contributed by atoms with van der Waals surface area (Å²) in [4.78, 5) is 35.1. The van der Waals surface area contributed by atoms with Crippen LogP contribution in [0.2, 0.25) is 0 Å². The van der Waals surface area contributed by atoms with Crippen LogP contribution >= 0.6 is 0 Å². The Labute approximate surface area is 162 Å². The number of hydrogen-bond donors (Lipinski definition) is 0. The van der Waals surface area contributed by atoms with Crippen molar-refractivity contribution >= 4 is 23.8 Å². The molecule has 0 N–H and O–H groups in total. The fraction of sp³-hybridized carbons (Fsp3) is 0.190. The van der Waals surface area contributed by atoms with Gasteiger partial charge in [0, 0.05) is 13.0 Å². The third-order valence-corrected chi connectivity index (χ3v) is 3.62. The van der Waals surface area contributed by atoms with Crippen LogP contribution in [0.25, 0.3) is 6.08 Å². The molecule has 0 aliphatic heterocycles. The van der Waals surface area contributed by atoms with Gasteiger partial charge in [0.2, 0.25) is 0 Å². The van der Waals surface area contributed by atoms with Crippen LogP contribution in [0.1, 0.15) is 29.8 Å². The molecule has 0 bridgehead atoms. The number of benzene rings is 2. The molecule has 0 amide bonds. The number of ether oxygens (including phenoxy) is 4. The zero-order valence-corrected chi connectivity index (χ0v) is 16.0. The lowest BCUT2D eigenvalue weighted by Gasteiger charge is -2.10. The molecule has 0 saturated heterocycles. The molecular formula is C21H20O7. The van der Waals surface area contributed by atoms with E-state index in [0.717, 1.165) is 0 Å². The van der Waals surface area contributed by atoms with Gasteiger partial charge in [0.05, 0.1) is 14.2 Å². The van der Waals surface area contributed by atoms with E-state index in [-0.39, 0.29) is 22.8 Å². The molecule has 0 spiro atoms. The van der Waals surface area contributed by atoms with Crippen molar-refractivity contribution in [2.24, 2.45) is 0 Å². The molecule has 7 nitrogen and oxygen atoms in total. The minimum absolute atomic E-state index is 0.115. The normalized spacial score (nSPS) is 10.4. The lowest BCUT2D eigenvalue weighted by atomic mass is 10.1. The highest BCUT2D eigenvalue weighted by Gasteiger charge is 2.16. The lowest BCUT2D eigenvalue weighted by Crippen LogP contribution is -2.08. The van der Waals surface area contributed by atoms with Crippen LogP contribution in [0, 0.1) is 0 Å². The van der Waals surface area contributed by atoms with Crippen molar-refractivity contribution in [3.63, 3.8) is 0 Å². The summed E-state index contributed by atoms with van der Waals surface area (Å²) < 4.78 is 20.6. The second-order valence-electron chi connectivity index (χ2n) is 5.65. The summed E-state index contributed by atoms with van der Waals surface area (Å²) in [7, 11) is 2.87. The lowest BCUT2D eigenvalue weighted by molar-refractivity contribution is -0.132. The molecule has 0 radical (unpaired) electrons. The summed E-state index contributed by atoms with van der Waals surface area (Å²) in [6.07, 6.45) is 2.72. The third-order valence-electron chi connectivity index (χ3n) is 3.62. The fourth-order valence-corrected chi connectivity index (χ4v) is 2.45. The summed E-state index contributed by atoms with van der Waals surface area (Å²) in [5, 5.41) is 0. The number of Topliss-reactive ketones (excluding diaryl/α,β-unsaturated/α-hetero) is 1. The molecule has 0 atom stereocenters. The molecule has 7 heteroatoms. The zero-order valence-electron chi connectivity index (χ0n) is 16.0. The summed E-state index contributed by atoms with van der Waals surface area (Å²) in [5.74, 6) is -0.356. The number of hydrogen-bond acceptors (Lipinski definition) is 7. The van der Waals surface area contributed by atoms with Gasteiger partial charge in [-0.15, -0.1) is 0 Å². The summed E-state index contributed by atoms with van der Waals surface area (Å²) in [6.45, 7) is 2.65. The van der Waals surface area contributed by atoms with E-state index >= 15 is 0 Å². The first-order valence-electron chi connectivity index (χ1n) is 8.30. The highest BCUT2D eigenvalue weighted by atomic mass is 16.6. The van der Waals surface area contributed by atoms with Crippen LogP contribution in [0.5, 0.6) is 23.0 Å². The predicted octanol–water partition coefficient (Wildman–Crippen LogP) is 3.45. The first-order chi connectivity index (χ1) is 13.3. The molecule has 0 fully saturated rings. The maximum Gasteiger partial charge on any atom is 0.336 e. The maximum absolute atomic E-state index is 12.2. The predicted molar refractivity (Wildman–Crippen MR) is 102 cm³/mol. The molecule has 2 aromatic carbocycles. The van der Waals surface area contributed by atoms with E-state index in [4.69, 9.17) is 18.9 Å². The molecular weight excluding hydrogens is 364 g/mol. The SMILES string of the molecule is COc1cc(/C=C/C(=O)Oc2cccc(OC)c2C(C)=O)ccc1OC(C)=O. The number of carbonyl (C=O) groups excluding carboxylic acids is 3. The monoisotopic (exact) mass is 384 g/mol. The third kappa shape index (κ3) is 5.20. The van der Waals surface area contributed by atoms with Crippen LogP contribution < -0.4 is 18.9 Å². The van der Waals surface area contributed by atoms with Gasteiger partial charge in [-0.2, -0.15) is 0 Å². The molecule has 0 heterocycles. The molecule has 0 aromatic heterocycles. The van der Waals surface area contributed by atoms with Gasteiger partial charge < -0.3 is 18.9 Å². The molecule has 0 unspecified atom stereocenters. The van der Waals surface area contributed by atoms with Crippen LogP contribution in [0.3, 0.4) is 0 Å². The van der Waals surface area contributed by atoms with E-state index in [0.29, 0.717) is 17.1 Å². The van der Waals surface area contributed by atoms with Crippen LogP contribution in [0.15, 0.2) is 42.5 Å². The van der Waals surface area contributed by atoms with Crippen molar-refractivity contribution in [2.75, 3.05) is 14.2 Å². The zero-order chi connectivity index (χ0) is 20.7. The summed E-state index contributed by atoms with van der Waals surface area (Å²) in [6, 6.07) is 9.56. The number of esters is 2. The van der Waals surface area contributed by atoms with E-state index in [1.165, 1.54) is 46.3 Å². The van der Waals surface area contributed by atoms with E-state index in [1.807, 2.05) is 0 Å². The Morgan fingerprint density at radius 2 is 1.50 bits per heavy atom. The molecule has 0 aliphatic carbocycles. The Hall–Kier alpha value is -3.61. The highest BCUT2D eigenvalue weighted by molar-refractivity contribution is 6.01. The summed E-state index contributed by atoms with van der Waals surface area (Å²) in [5.41, 5.74) is 0.821. The minimum atomic E-state index is -0.668. The standard InChI is InChI=1S/C21H20O7/c1-13(22)21-17(25-3)6-5-7-18(21)28-20(24)11-9-15-8-10-16(27-14(2)23)19(12-15)26-4/h5-12H,1-4H3/b11-9+. The van der Waals surface area contributed by atoms with Crippen LogP contribution in [0.4, 0.5) is 0 Å². The Kier molecular flexibility index (Phi) is 6.92. The Morgan fingerprint density at radius 1 is 0.821 bits per heavy atom. The van der Waals surface area contributed by atoms with Crippen molar-refractivity contribution in [2.45, 2.75) is 13.8 Å². The molecule has 2 rings (SSSR count). The average molecular weight is 384 g/mol. The fourth-order valence-electron chi connectivity index (χ4n) is 2.45. The molecule has 2 aromatic rings. The largest absolute Gasteiger partial charge is 0.496 e. The first kappa shape index (κ1) is 20.7. The van der Waals surface area contributed by atoms with E-state index < -0.39 is 11.9 Å². The highest BCUT2D eigenvalue weighted by Crippen LogP contribution is 2.30. The Bertz CT molecular complexity index is 928. The van der Waals surface area contributed by atoms with Crippen molar-refractivity contribution in [3.05, 3.63) is 53.6 Å². The number of methoxy groups -OCH3 is 2. The smallest absolute Gasteiger partial charge is 0.336 e. The number of ketones is 1. The van der Waals surface area contributed by atoms with E-state index in [9.17, 15) is 14.4 Å². The van der Waals surface area contributed by atoms with Crippen molar-refractivity contribution in [3.8, 4) is 23.0 Å². The van der Waals surface area contributed by atoms with Gasteiger partial charge >= 0.3 is 11.9 Å². The van der Waals surface area contributed by atoms with Crippen LogP contribution in [-0.4, -0.2) is 31.9 Å². The van der Waals surface area contributed by atoms with Crippen molar-refractivity contribution < 1.29 is 33.3 Å². The van der Waals surface area contributed by atoms with Gasteiger partial charge in [-0.3, -0.25) is 9.59 Å². The molecule has 0 aliphatic rings. The van der Waals surface area contributed by atoms with Gasteiger partial charge in [-0.25, -0.2) is 4.79 Å². The van der Waals surface area contributed by atoms with Gasteiger partial charge in [0.25, 0.3) is 0 Å². The van der Waals surface area contributed by atoms with Gasteiger partial charge in [-0.1, -0.05) is 12.1 Å². The molecule has 28 heavy (non-hydrogen) atoms. The van der Waals surface area contributed by atoms with Gasteiger partial charge in [-0.05, 0) is 42.8 Å². The van der Waals surface area contributed by atoms with Gasteiger partial charge in [0.15, 0.2) is 17.3 Å². The maximum atomic E-state index is 12.2. The molecule has 146 valence electrons. The second-order valence-corrected chi connectivity index (χ2v) is 5.65. The van der Waals surface area contributed by atoms with Crippen LogP contribution in [-0.2, 0) is 9.59 Å². The van der Waals surface area contributed by atoms with E-state index in [2.05, 4.69) is 0 Å². The first-order valence-corrected chi connectivity index (χ1v) is 8.30. The van der Waals surface area contributed by atoms with E-state index in [1.54, 1.807) is 30.3 Å². The Morgan fingerprint density at radius 3 is 2.11 bits per heavy atom. The summed E-state index contributed by atoms with van der Waals surface area (Å²) >= 11 is 0. The molecule has 0 saturated carbocycles. The quantitative estimate of drug-likeness (QED) is 0.313. The number of rotatable bonds is 7. The second kappa shape index (κ2) is 9.36. The Balaban J connectivity index is 2.19. The van der Waals surface area contributed by atoms with Gasteiger partial charge in [0.1, 0.15) is 17.1 Å². The topological polar surface area (TPSA) is 88.1 Å². The average Bonchev–Trinajstić information content (AvgIpc) is 2.66. The minimum Gasteiger partial charge on any atom is -0.496 e. The number of carbonyl (C=O) groups is 3.